The molecule has 3 nitrogen and oxygen atoms in total. The van der Waals surface area contributed by atoms with Crippen molar-refractivity contribution in [1.29, 1.82) is 0 Å². The van der Waals surface area contributed by atoms with E-state index >= 15 is 0 Å². The lowest BCUT2D eigenvalue weighted by Gasteiger charge is -2.28. The molecule has 0 radical (unpaired) electrons. The molecule has 0 atom stereocenters. The maximum absolute atomic E-state index is 10.7. The summed E-state index contributed by atoms with van der Waals surface area (Å²) in [6.45, 7) is 0. The lowest BCUT2D eigenvalue weighted by Crippen LogP contribution is -2.37. The van der Waals surface area contributed by atoms with E-state index in [1.165, 1.54) is 23.6 Å². The van der Waals surface area contributed by atoms with E-state index in [1.54, 1.807) is 0 Å². The highest BCUT2D eigenvalue weighted by molar-refractivity contribution is 7.78. The molecule has 0 aromatic carbocycles. The van der Waals surface area contributed by atoms with E-state index in [2.05, 4.69) is 12.8 Å². The van der Waals surface area contributed by atoms with Gasteiger partial charge in [-0.3, -0.25) is 4.31 Å². The highest BCUT2D eigenvalue weighted by Crippen LogP contribution is 2.23. The molecular weight excluding hydrogens is 160 g/mol. The van der Waals surface area contributed by atoms with Gasteiger partial charge in [0, 0.05) is 6.04 Å². The maximum atomic E-state index is 10.7. The SMILES string of the molecule is NC(=O)N(S)C1CCCCC1. The summed E-state index contributed by atoms with van der Waals surface area (Å²) >= 11 is 4.03. The van der Waals surface area contributed by atoms with Gasteiger partial charge < -0.3 is 5.73 Å². The number of urea groups is 1. The molecule has 64 valence electrons. The Morgan fingerprint density at radius 3 is 2.36 bits per heavy atom. The van der Waals surface area contributed by atoms with Crippen molar-refractivity contribution in [2.45, 2.75) is 38.1 Å². The summed E-state index contributed by atoms with van der Waals surface area (Å²) in [5.41, 5.74) is 5.08. The van der Waals surface area contributed by atoms with Crippen LogP contribution in [-0.2, 0) is 0 Å². The monoisotopic (exact) mass is 174 g/mol. The minimum absolute atomic E-state index is 0.268. The summed E-state index contributed by atoms with van der Waals surface area (Å²) in [6, 6.07) is -0.162. The van der Waals surface area contributed by atoms with Gasteiger partial charge >= 0.3 is 6.03 Å². The van der Waals surface area contributed by atoms with E-state index in [9.17, 15) is 4.79 Å². The highest BCUT2D eigenvalue weighted by Gasteiger charge is 2.20. The average molecular weight is 174 g/mol. The zero-order chi connectivity index (χ0) is 8.27. The van der Waals surface area contributed by atoms with Crippen LogP contribution in [0.1, 0.15) is 32.1 Å². The summed E-state index contributed by atoms with van der Waals surface area (Å²) < 4.78 is 1.36. The van der Waals surface area contributed by atoms with Crippen LogP contribution in [-0.4, -0.2) is 16.4 Å². The molecule has 1 saturated carbocycles. The van der Waals surface area contributed by atoms with Gasteiger partial charge in [-0.1, -0.05) is 32.1 Å². The van der Waals surface area contributed by atoms with Crippen LogP contribution < -0.4 is 5.73 Å². The number of hydrogen-bond acceptors (Lipinski definition) is 2. The molecule has 0 saturated heterocycles. The summed E-state index contributed by atoms with van der Waals surface area (Å²) in [5, 5.41) is 0. The number of hydrogen-bond donors (Lipinski definition) is 2. The molecule has 1 fully saturated rings. The minimum atomic E-state index is -0.430. The predicted octanol–water partition coefficient (Wildman–Crippen LogP) is 1.54. The standard InChI is InChI=1S/C7H14N2OS/c8-7(10)9(11)6-4-2-1-3-5-6/h6,11H,1-5H2,(H2,8,10). The zero-order valence-electron chi connectivity index (χ0n) is 6.49. The second-order valence-corrected chi connectivity index (χ2v) is 3.41. The van der Waals surface area contributed by atoms with E-state index in [0.717, 1.165) is 12.8 Å². The number of amides is 2. The van der Waals surface area contributed by atoms with Gasteiger partial charge in [-0.2, -0.15) is 0 Å². The molecular formula is C7H14N2OS. The first kappa shape index (κ1) is 8.71. The summed E-state index contributed by atoms with van der Waals surface area (Å²) in [6.07, 6.45) is 5.75. The van der Waals surface area contributed by atoms with E-state index in [4.69, 9.17) is 5.73 Å². The van der Waals surface area contributed by atoms with Crippen molar-refractivity contribution in [2.75, 3.05) is 0 Å². The fraction of sp³-hybridized carbons (Fsp3) is 0.857. The van der Waals surface area contributed by atoms with Crippen LogP contribution in [0.25, 0.3) is 0 Å². The van der Waals surface area contributed by atoms with Crippen LogP contribution >= 0.6 is 12.8 Å². The summed E-state index contributed by atoms with van der Waals surface area (Å²) in [5.74, 6) is 0. The maximum Gasteiger partial charge on any atom is 0.324 e. The normalized spacial score (nSPS) is 19.7. The smallest absolute Gasteiger partial charge is 0.324 e. The Bertz CT molecular complexity index is 145. The topological polar surface area (TPSA) is 46.3 Å². The molecule has 1 aliphatic rings. The predicted molar refractivity (Wildman–Crippen MR) is 47.3 cm³/mol. The Balaban J connectivity index is 2.38. The van der Waals surface area contributed by atoms with Gasteiger partial charge in [0.1, 0.15) is 0 Å². The van der Waals surface area contributed by atoms with Gasteiger partial charge in [-0.15, -0.1) is 0 Å². The molecule has 0 bridgehead atoms. The number of thiol groups is 1. The van der Waals surface area contributed by atoms with Crippen molar-refractivity contribution in [1.82, 2.24) is 4.31 Å². The number of nitrogens with two attached hydrogens (primary N) is 1. The number of carbonyl (C=O) groups is 1. The Labute approximate surface area is 72.5 Å². The molecule has 0 aromatic rings. The molecule has 2 N–H and O–H groups in total. The van der Waals surface area contributed by atoms with Crippen molar-refractivity contribution < 1.29 is 4.79 Å². The van der Waals surface area contributed by atoms with Crippen molar-refractivity contribution in [2.24, 2.45) is 5.73 Å². The number of rotatable bonds is 1. The molecule has 0 spiro atoms. The van der Waals surface area contributed by atoms with E-state index in [1.807, 2.05) is 0 Å². The minimum Gasteiger partial charge on any atom is -0.351 e. The number of primary amides is 1. The third kappa shape index (κ3) is 2.29. The lowest BCUT2D eigenvalue weighted by molar-refractivity contribution is 0.215. The van der Waals surface area contributed by atoms with Crippen molar-refractivity contribution >= 4 is 18.8 Å². The van der Waals surface area contributed by atoms with Crippen molar-refractivity contribution in [3.8, 4) is 0 Å². The third-order valence-corrected chi connectivity index (χ3v) is 2.67. The fourth-order valence-corrected chi connectivity index (χ4v) is 1.74. The van der Waals surface area contributed by atoms with Gasteiger partial charge in [0.2, 0.25) is 0 Å². The first-order valence-corrected chi connectivity index (χ1v) is 4.39. The molecule has 1 rings (SSSR count). The Morgan fingerprint density at radius 2 is 1.91 bits per heavy atom. The lowest BCUT2D eigenvalue weighted by atomic mass is 9.96. The molecule has 2 amide bonds. The Morgan fingerprint density at radius 1 is 1.36 bits per heavy atom. The van der Waals surface area contributed by atoms with Crippen LogP contribution in [0, 0.1) is 0 Å². The largest absolute Gasteiger partial charge is 0.351 e. The van der Waals surface area contributed by atoms with Crippen LogP contribution in [0.15, 0.2) is 0 Å². The molecule has 11 heavy (non-hydrogen) atoms. The summed E-state index contributed by atoms with van der Waals surface area (Å²) in [7, 11) is 0. The van der Waals surface area contributed by atoms with Gasteiger partial charge in [0.05, 0.1) is 0 Å². The van der Waals surface area contributed by atoms with Gasteiger partial charge in [-0.25, -0.2) is 4.79 Å². The quantitative estimate of drug-likeness (QED) is 0.582. The fourth-order valence-electron chi connectivity index (χ4n) is 1.51. The first-order chi connectivity index (χ1) is 5.22. The van der Waals surface area contributed by atoms with Crippen LogP contribution in [0.2, 0.25) is 0 Å². The van der Waals surface area contributed by atoms with E-state index < -0.39 is 6.03 Å². The number of carbonyl (C=O) groups excluding carboxylic acids is 1. The highest BCUT2D eigenvalue weighted by atomic mass is 32.1. The molecule has 4 heteroatoms. The zero-order valence-corrected chi connectivity index (χ0v) is 7.39. The van der Waals surface area contributed by atoms with Gasteiger partial charge in [0.25, 0.3) is 0 Å². The summed E-state index contributed by atoms with van der Waals surface area (Å²) in [4.78, 5) is 10.7. The second-order valence-electron chi connectivity index (χ2n) is 2.97. The van der Waals surface area contributed by atoms with Crippen molar-refractivity contribution in [3.05, 3.63) is 0 Å². The van der Waals surface area contributed by atoms with Gasteiger partial charge in [0.15, 0.2) is 0 Å². The third-order valence-electron chi connectivity index (χ3n) is 2.15. The van der Waals surface area contributed by atoms with Gasteiger partial charge in [-0.05, 0) is 12.8 Å². The van der Waals surface area contributed by atoms with E-state index in [-0.39, 0.29) is 6.04 Å². The Kier molecular flexibility index (Phi) is 3.05. The molecule has 0 unspecified atom stereocenters. The van der Waals surface area contributed by atoms with Crippen LogP contribution in [0.4, 0.5) is 4.79 Å². The number of nitrogens with zero attached hydrogens (tertiary/aromatic N) is 1. The first-order valence-electron chi connectivity index (χ1n) is 3.99. The second kappa shape index (κ2) is 3.85. The molecule has 1 aliphatic carbocycles. The van der Waals surface area contributed by atoms with Crippen LogP contribution in [0.3, 0.4) is 0 Å². The Hall–Kier alpha value is -0.380. The van der Waals surface area contributed by atoms with Crippen LogP contribution in [0.5, 0.6) is 0 Å². The molecule has 0 aliphatic heterocycles. The van der Waals surface area contributed by atoms with E-state index in [0.29, 0.717) is 0 Å². The molecule has 0 aromatic heterocycles. The average Bonchev–Trinajstić information content (AvgIpc) is 2.05. The van der Waals surface area contributed by atoms with Crippen molar-refractivity contribution in [3.63, 3.8) is 0 Å². The molecule has 0 heterocycles.